The minimum atomic E-state index is -4.17. The van der Waals surface area contributed by atoms with E-state index in [-0.39, 0.29) is 16.1 Å². The van der Waals surface area contributed by atoms with Gasteiger partial charge in [0, 0.05) is 35.3 Å². The molecule has 2 aromatic carbocycles. The van der Waals surface area contributed by atoms with Gasteiger partial charge in [-0.15, -0.1) is 0 Å². The zero-order chi connectivity index (χ0) is 23.0. The van der Waals surface area contributed by atoms with Crippen molar-refractivity contribution in [3.8, 4) is 0 Å². The van der Waals surface area contributed by atoms with Crippen molar-refractivity contribution in [3.63, 3.8) is 0 Å². The maximum Gasteiger partial charge on any atom is 0.272 e. The highest BCUT2D eigenvalue weighted by molar-refractivity contribution is 7.93. The van der Waals surface area contributed by atoms with Crippen LogP contribution in [0.25, 0.3) is 11.0 Å². The second-order valence-electron chi connectivity index (χ2n) is 8.20. The van der Waals surface area contributed by atoms with Crippen molar-refractivity contribution in [3.05, 3.63) is 89.4 Å². The number of anilines is 1. The first-order valence-corrected chi connectivity index (χ1v) is 12.6. The molecule has 0 N–H and O–H groups in total. The first-order valence-electron chi connectivity index (χ1n) is 11.1. The molecule has 0 fully saturated rings. The van der Waals surface area contributed by atoms with Gasteiger partial charge in [0.05, 0.1) is 10.6 Å². The summed E-state index contributed by atoms with van der Waals surface area (Å²) >= 11 is 0. The van der Waals surface area contributed by atoms with E-state index in [1.807, 2.05) is 6.92 Å². The second kappa shape index (κ2) is 8.48. The standard InChI is InChI=1S/C26H24N2O4S/c1-2-18-7-10-21(11-8-18)33(30,31)28(26(29)19-13-15-27-16-14-19)20-9-12-25-23(17-20)22-5-3-4-6-24(22)32-25/h7-17H,2-6H2,1H3. The molecule has 0 saturated heterocycles. The van der Waals surface area contributed by atoms with Gasteiger partial charge in [-0.3, -0.25) is 9.78 Å². The lowest BCUT2D eigenvalue weighted by molar-refractivity contribution is 0.101. The smallest absolute Gasteiger partial charge is 0.272 e. The van der Waals surface area contributed by atoms with Gasteiger partial charge in [-0.2, -0.15) is 4.31 Å². The zero-order valence-corrected chi connectivity index (χ0v) is 19.1. The van der Waals surface area contributed by atoms with Crippen molar-refractivity contribution in [1.29, 1.82) is 0 Å². The SMILES string of the molecule is CCc1ccc(S(=O)(=O)N(C(=O)c2ccncc2)c2ccc3oc4c(c3c2)CCCC4)cc1. The van der Waals surface area contributed by atoms with Crippen LogP contribution in [0.5, 0.6) is 0 Å². The average Bonchev–Trinajstić information content (AvgIpc) is 3.22. The molecule has 5 rings (SSSR count). The lowest BCUT2D eigenvalue weighted by Gasteiger charge is -2.23. The molecule has 2 aromatic heterocycles. The minimum Gasteiger partial charge on any atom is -0.461 e. The van der Waals surface area contributed by atoms with Crippen molar-refractivity contribution < 1.29 is 17.6 Å². The van der Waals surface area contributed by atoms with E-state index in [2.05, 4.69) is 4.98 Å². The number of furan rings is 1. The molecular formula is C26H24N2O4S. The fourth-order valence-corrected chi connectivity index (χ4v) is 5.76. The van der Waals surface area contributed by atoms with Crippen LogP contribution in [0.3, 0.4) is 0 Å². The summed E-state index contributed by atoms with van der Waals surface area (Å²) < 4.78 is 34.5. The summed E-state index contributed by atoms with van der Waals surface area (Å²) in [5, 5.41) is 0.867. The van der Waals surface area contributed by atoms with Crippen LogP contribution in [0, 0.1) is 0 Å². The lowest BCUT2D eigenvalue weighted by Crippen LogP contribution is -2.37. The molecule has 0 saturated carbocycles. The lowest BCUT2D eigenvalue weighted by atomic mass is 9.96. The van der Waals surface area contributed by atoms with Crippen LogP contribution in [0.1, 0.15) is 47.0 Å². The van der Waals surface area contributed by atoms with E-state index < -0.39 is 15.9 Å². The topological polar surface area (TPSA) is 80.5 Å². The van der Waals surface area contributed by atoms with Crippen molar-refractivity contribution >= 4 is 32.6 Å². The maximum absolute atomic E-state index is 13.8. The van der Waals surface area contributed by atoms with E-state index in [0.29, 0.717) is 5.58 Å². The molecule has 0 unspecified atom stereocenters. The number of aromatic nitrogens is 1. The van der Waals surface area contributed by atoms with Crippen LogP contribution < -0.4 is 4.31 Å². The predicted molar refractivity (Wildman–Crippen MR) is 127 cm³/mol. The Balaban J connectivity index is 1.67. The van der Waals surface area contributed by atoms with Crippen molar-refractivity contribution in [1.82, 2.24) is 4.98 Å². The van der Waals surface area contributed by atoms with E-state index in [9.17, 15) is 13.2 Å². The highest BCUT2D eigenvalue weighted by atomic mass is 32.2. The maximum atomic E-state index is 13.8. The summed E-state index contributed by atoms with van der Waals surface area (Å²) in [5.74, 6) is 0.326. The van der Waals surface area contributed by atoms with Gasteiger partial charge in [0.15, 0.2) is 0 Å². The molecule has 0 bridgehead atoms. The van der Waals surface area contributed by atoms with Gasteiger partial charge in [0.25, 0.3) is 15.9 Å². The summed E-state index contributed by atoms with van der Waals surface area (Å²) in [6, 6.07) is 14.8. The third-order valence-corrected chi connectivity index (χ3v) is 7.88. The first-order chi connectivity index (χ1) is 16.0. The fourth-order valence-electron chi connectivity index (χ4n) is 4.36. The molecular weight excluding hydrogens is 436 g/mol. The van der Waals surface area contributed by atoms with Gasteiger partial charge >= 0.3 is 0 Å². The number of amides is 1. The van der Waals surface area contributed by atoms with Gasteiger partial charge in [0.2, 0.25) is 0 Å². The molecule has 0 radical (unpaired) electrons. The third-order valence-electron chi connectivity index (χ3n) is 6.15. The molecule has 2 heterocycles. The molecule has 6 nitrogen and oxygen atoms in total. The van der Waals surface area contributed by atoms with Crippen LogP contribution in [0.15, 0.2) is 76.3 Å². The Labute approximate surface area is 192 Å². The highest BCUT2D eigenvalue weighted by Gasteiger charge is 2.32. The van der Waals surface area contributed by atoms with Crippen molar-refractivity contribution in [2.24, 2.45) is 0 Å². The van der Waals surface area contributed by atoms with Gasteiger partial charge in [-0.25, -0.2) is 8.42 Å². The third kappa shape index (κ3) is 3.82. The summed E-state index contributed by atoms with van der Waals surface area (Å²) in [7, 11) is -4.17. The number of carbonyl (C=O) groups excluding carboxylic acids is 1. The predicted octanol–water partition coefficient (Wildman–Crippen LogP) is 5.30. The number of benzene rings is 2. The zero-order valence-electron chi connectivity index (χ0n) is 18.3. The molecule has 7 heteroatoms. The number of aryl methyl sites for hydroxylation is 3. The summed E-state index contributed by atoms with van der Waals surface area (Å²) in [4.78, 5) is 17.6. The Bertz CT molecular complexity index is 1420. The number of rotatable bonds is 5. The quantitative estimate of drug-likeness (QED) is 0.403. The summed E-state index contributed by atoms with van der Waals surface area (Å²) in [5.41, 5.74) is 3.38. The first kappa shape index (κ1) is 21.4. The van der Waals surface area contributed by atoms with Crippen LogP contribution in [-0.4, -0.2) is 19.3 Å². The van der Waals surface area contributed by atoms with Gasteiger partial charge in [-0.1, -0.05) is 19.1 Å². The largest absolute Gasteiger partial charge is 0.461 e. The Morgan fingerprint density at radius 3 is 2.45 bits per heavy atom. The van der Waals surface area contributed by atoms with Gasteiger partial charge in [0.1, 0.15) is 11.3 Å². The summed E-state index contributed by atoms with van der Waals surface area (Å²) in [6.07, 6.45) is 7.65. The molecule has 0 aliphatic heterocycles. The van der Waals surface area contributed by atoms with Gasteiger partial charge < -0.3 is 4.42 Å². The Hall–Kier alpha value is -3.45. The fraction of sp³-hybridized carbons (Fsp3) is 0.231. The molecule has 0 spiro atoms. The molecule has 168 valence electrons. The van der Waals surface area contributed by atoms with Gasteiger partial charge in [-0.05, 0) is 73.7 Å². The van der Waals surface area contributed by atoms with Crippen LogP contribution >= 0.6 is 0 Å². The Kier molecular flexibility index (Phi) is 5.50. The van der Waals surface area contributed by atoms with Crippen LogP contribution in [-0.2, 0) is 29.3 Å². The van der Waals surface area contributed by atoms with E-state index in [1.54, 1.807) is 42.5 Å². The number of hydrogen-bond acceptors (Lipinski definition) is 5. The minimum absolute atomic E-state index is 0.0661. The molecule has 1 amide bonds. The van der Waals surface area contributed by atoms with Crippen molar-refractivity contribution in [2.45, 2.75) is 43.9 Å². The van der Waals surface area contributed by atoms with E-state index >= 15 is 0 Å². The molecule has 1 aliphatic carbocycles. The molecule has 4 aromatic rings. The van der Waals surface area contributed by atoms with E-state index in [0.717, 1.165) is 58.7 Å². The number of pyridine rings is 1. The molecule has 1 aliphatic rings. The monoisotopic (exact) mass is 460 g/mol. The average molecular weight is 461 g/mol. The van der Waals surface area contributed by atoms with Crippen LogP contribution in [0.2, 0.25) is 0 Å². The second-order valence-corrected chi connectivity index (χ2v) is 9.99. The number of hydrogen-bond donors (Lipinski definition) is 0. The number of carbonyl (C=O) groups is 1. The van der Waals surface area contributed by atoms with E-state index in [1.165, 1.54) is 24.5 Å². The normalized spacial score (nSPS) is 13.6. The van der Waals surface area contributed by atoms with E-state index in [4.69, 9.17) is 4.42 Å². The Morgan fingerprint density at radius 1 is 1.00 bits per heavy atom. The highest BCUT2D eigenvalue weighted by Crippen LogP contribution is 2.36. The summed E-state index contributed by atoms with van der Waals surface area (Å²) in [6.45, 7) is 2.00. The number of sulfonamides is 1. The van der Waals surface area contributed by atoms with Crippen molar-refractivity contribution in [2.75, 3.05) is 4.31 Å². The number of nitrogens with zero attached hydrogens (tertiary/aromatic N) is 2. The van der Waals surface area contributed by atoms with Crippen LogP contribution in [0.4, 0.5) is 5.69 Å². The Morgan fingerprint density at radius 2 is 1.73 bits per heavy atom. The molecule has 33 heavy (non-hydrogen) atoms. The molecule has 0 atom stereocenters. The number of fused-ring (bicyclic) bond motifs is 3.